The maximum atomic E-state index is 8.86. The summed E-state index contributed by atoms with van der Waals surface area (Å²) in [6.45, 7) is 2.21. The van der Waals surface area contributed by atoms with Crippen LogP contribution in [0.5, 0.6) is 0 Å². The van der Waals surface area contributed by atoms with Crippen molar-refractivity contribution >= 4 is 5.84 Å². The highest BCUT2D eigenvalue weighted by Crippen LogP contribution is 2.26. The molecule has 0 bridgehead atoms. The van der Waals surface area contributed by atoms with Gasteiger partial charge in [-0.2, -0.15) is 5.26 Å². The maximum Gasteiger partial charge on any atom is 0.185 e. The van der Waals surface area contributed by atoms with E-state index in [-0.39, 0.29) is 0 Å². The van der Waals surface area contributed by atoms with Crippen LogP contribution in [-0.2, 0) is 5.66 Å². The summed E-state index contributed by atoms with van der Waals surface area (Å²) in [6, 6.07) is 9.63. The molecular weight excluding hydrogens is 188 g/mol. The molecule has 2 rings (SSSR count). The average Bonchev–Trinajstić information content (AvgIpc) is 2.56. The lowest BCUT2D eigenvalue weighted by molar-refractivity contribution is 0.420. The predicted octanol–water partition coefficient (Wildman–Crippen LogP) is 1.01. The number of nitrogens with two attached hydrogens (primary N) is 1. The third-order valence-corrected chi connectivity index (χ3v) is 2.55. The molecule has 1 aliphatic rings. The van der Waals surface area contributed by atoms with E-state index < -0.39 is 5.66 Å². The fourth-order valence-electron chi connectivity index (χ4n) is 1.73. The molecule has 1 aromatic rings. The van der Waals surface area contributed by atoms with E-state index in [4.69, 9.17) is 11.0 Å². The molecule has 4 heteroatoms. The van der Waals surface area contributed by atoms with Crippen molar-refractivity contribution in [1.29, 1.82) is 5.26 Å². The number of nitrogens with zero attached hydrogens (tertiary/aromatic N) is 3. The van der Waals surface area contributed by atoms with Gasteiger partial charge >= 0.3 is 0 Å². The third kappa shape index (κ3) is 1.58. The molecule has 1 heterocycles. The van der Waals surface area contributed by atoms with Gasteiger partial charge in [0.2, 0.25) is 0 Å². The van der Waals surface area contributed by atoms with E-state index in [1.54, 1.807) is 6.92 Å². The van der Waals surface area contributed by atoms with Crippen molar-refractivity contribution < 1.29 is 0 Å². The lowest BCUT2D eigenvalue weighted by Gasteiger charge is -2.20. The Morgan fingerprint density at radius 3 is 2.67 bits per heavy atom. The summed E-state index contributed by atoms with van der Waals surface area (Å²) in [5.74, 6) is 0.670. The molecular formula is C11H12N4. The van der Waals surface area contributed by atoms with E-state index in [9.17, 15) is 0 Å². The highest BCUT2D eigenvalue weighted by Gasteiger charge is 2.35. The highest BCUT2D eigenvalue weighted by molar-refractivity contribution is 5.83. The normalized spacial score (nSPS) is 24.9. The first kappa shape index (κ1) is 9.69. The summed E-state index contributed by atoms with van der Waals surface area (Å²) in [4.78, 5) is 5.85. The fraction of sp³-hybridized carbons (Fsp3) is 0.273. The number of aliphatic imine (C=N–C) groups is 1. The van der Waals surface area contributed by atoms with Crippen molar-refractivity contribution in [3.8, 4) is 6.19 Å². The van der Waals surface area contributed by atoms with Gasteiger partial charge < -0.3 is 5.73 Å². The standard InChI is InChI=1S/C11H12N4/c1-9-14-11(13,7-15(9)8-12)10-5-3-2-4-6-10/h2-6H,7,13H2,1H3. The molecule has 15 heavy (non-hydrogen) atoms. The van der Waals surface area contributed by atoms with Gasteiger partial charge in [0.05, 0.1) is 6.54 Å². The minimum absolute atomic E-state index is 0.416. The van der Waals surface area contributed by atoms with Gasteiger partial charge in [0.1, 0.15) is 5.84 Å². The molecule has 76 valence electrons. The topological polar surface area (TPSA) is 65.4 Å². The summed E-state index contributed by atoms with van der Waals surface area (Å²) < 4.78 is 0. The van der Waals surface area contributed by atoms with Gasteiger partial charge in [0, 0.05) is 0 Å². The molecule has 1 aromatic carbocycles. The van der Waals surface area contributed by atoms with Crippen molar-refractivity contribution in [2.45, 2.75) is 12.6 Å². The van der Waals surface area contributed by atoms with Gasteiger partial charge in [-0.05, 0) is 12.5 Å². The molecule has 1 atom stereocenters. The van der Waals surface area contributed by atoms with Gasteiger partial charge in [0.15, 0.2) is 11.9 Å². The molecule has 1 unspecified atom stereocenters. The minimum atomic E-state index is -0.777. The quantitative estimate of drug-likeness (QED) is 0.688. The summed E-state index contributed by atoms with van der Waals surface area (Å²) in [5, 5.41) is 8.86. The minimum Gasteiger partial charge on any atom is -0.302 e. The SMILES string of the molecule is CC1=NC(N)(c2ccccc2)CN1C#N. The smallest absolute Gasteiger partial charge is 0.185 e. The highest BCUT2D eigenvalue weighted by atomic mass is 15.3. The Kier molecular flexibility index (Phi) is 2.18. The number of rotatable bonds is 1. The van der Waals surface area contributed by atoms with Crippen molar-refractivity contribution in [2.75, 3.05) is 6.54 Å². The Bertz CT molecular complexity index is 432. The Balaban J connectivity index is 2.37. The molecule has 0 radical (unpaired) electrons. The Hall–Kier alpha value is -1.86. The molecule has 1 aliphatic heterocycles. The molecule has 4 nitrogen and oxygen atoms in total. The molecule has 2 N–H and O–H groups in total. The lowest BCUT2D eigenvalue weighted by atomic mass is 10.0. The van der Waals surface area contributed by atoms with Crippen LogP contribution in [0.25, 0.3) is 0 Å². The van der Waals surface area contributed by atoms with Gasteiger partial charge in [0.25, 0.3) is 0 Å². The number of benzene rings is 1. The van der Waals surface area contributed by atoms with Gasteiger partial charge in [-0.15, -0.1) is 0 Å². The Morgan fingerprint density at radius 2 is 2.13 bits per heavy atom. The van der Waals surface area contributed by atoms with Gasteiger partial charge in [-0.1, -0.05) is 30.3 Å². The Labute approximate surface area is 88.6 Å². The molecule has 0 saturated carbocycles. The van der Waals surface area contributed by atoms with Crippen LogP contribution < -0.4 is 5.73 Å². The lowest BCUT2D eigenvalue weighted by Crippen LogP contribution is -2.39. The zero-order valence-corrected chi connectivity index (χ0v) is 8.51. The van der Waals surface area contributed by atoms with Crippen molar-refractivity contribution in [1.82, 2.24) is 4.90 Å². The van der Waals surface area contributed by atoms with Crippen LogP contribution in [0, 0.1) is 11.5 Å². The monoisotopic (exact) mass is 200 g/mol. The largest absolute Gasteiger partial charge is 0.302 e. The Morgan fingerprint density at radius 1 is 1.47 bits per heavy atom. The predicted molar refractivity (Wildman–Crippen MR) is 57.7 cm³/mol. The molecule has 0 saturated heterocycles. The average molecular weight is 200 g/mol. The fourth-order valence-corrected chi connectivity index (χ4v) is 1.73. The van der Waals surface area contributed by atoms with Crippen LogP contribution in [0.15, 0.2) is 35.3 Å². The van der Waals surface area contributed by atoms with Crippen LogP contribution >= 0.6 is 0 Å². The summed E-state index contributed by atoms with van der Waals surface area (Å²) in [5.41, 5.74) is 6.31. The van der Waals surface area contributed by atoms with E-state index in [1.165, 1.54) is 4.90 Å². The summed E-state index contributed by atoms with van der Waals surface area (Å²) in [6.07, 6.45) is 2.06. The van der Waals surface area contributed by atoms with Gasteiger partial charge in [-0.3, -0.25) is 4.90 Å². The first-order chi connectivity index (χ1) is 7.15. The maximum absolute atomic E-state index is 8.86. The first-order valence-electron chi connectivity index (χ1n) is 4.74. The van der Waals surface area contributed by atoms with E-state index in [0.29, 0.717) is 12.4 Å². The van der Waals surface area contributed by atoms with E-state index >= 15 is 0 Å². The van der Waals surface area contributed by atoms with Crippen molar-refractivity contribution in [2.24, 2.45) is 10.7 Å². The van der Waals surface area contributed by atoms with Crippen LogP contribution in [0.1, 0.15) is 12.5 Å². The molecule has 0 spiro atoms. The van der Waals surface area contributed by atoms with Crippen LogP contribution in [0.3, 0.4) is 0 Å². The zero-order chi connectivity index (χ0) is 10.9. The number of nitriles is 1. The molecule has 0 aliphatic carbocycles. The van der Waals surface area contributed by atoms with E-state index in [1.807, 2.05) is 30.3 Å². The second-order valence-electron chi connectivity index (χ2n) is 3.64. The van der Waals surface area contributed by atoms with E-state index in [2.05, 4.69) is 11.2 Å². The number of amidine groups is 1. The van der Waals surface area contributed by atoms with Crippen LogP contribution in [-0.4, -0.2) is 17.3 Å². The summed E-state index contributed by atoms with van der Waals surface area (Å²) in [7, 11) is 0. The zero-order valence-electron chi connectivity index (χ0n) is 8.51. The van der Waals surface area contributed by atoms with Gasteiger partial charge in [-0.25, -0.2) is 4.99 Å². The van der Waals surface area contributed by atoms with Crippen molar-refractivity contribution in [3.63, 3.8) is 0 Å². The molecule has 0 aromatic heterocycles. The summed E-state index contributed by atoms with van der Waals surface area (Å²) >= 11 is 0. The van der Waals surface area contributed by atoms with Crippen LogP contribution in [0.4, 0.5) is 0 Å². The molecule has 0 fully saturated rings. The van der Waals surface area contributed by atoms with E-state index in [0.717, 1.165) is 5.56 Å². The second kappa shape index (κ2) is 3.37. The molecule has 0 amide bonds. The second-order valence-corrected chi connectivity index (χ2v) is 3.64. The third-order valence-electron chi connectivity index (χ3n) is 2.55. The van der Waals surface area contributed by atoms with Crippen LogP contribution in [0.2, 0.25) is 0 Å². The van der Waals surface area contributed by atoms with Crippen molar-refractivity contribution in [3.05, 3.63) is 35.9 Å². The first-order valence-corrected chi connectivity index (χ1v) is 4.74. The number of hydrogen-bond donors (Lipinski definition) is 1. The number of hydrogen-bond acceptors (Lipinski definition) is 4.